The molecule has 0 N–H and O–H groups in total. The summed E-state index contributed by atoms with van der Waals surface area (Å²) in [6.45, 7) is 9.79. The lowest BCUT2D eigenvalue weighted by atomic mass is 10.0. The van der Waals surface area contributed by atoms with Gasteiger partial charge >= 0.3 is 0 Å². The highest BCUT2D eigenvalue weighted by Gasteiger charge is 2.32. The van der Waals surface area contributed by atoms with E-state index >= 15 is 0 Å². The summed E-state index contributed by atoms with van der Waals surface area (Å²) >= 11 is 1.56. The normalized spacial score (nSPS) is 14.9. The smallest absolute Gasteiger partial charge is 0.243 e. The molecule has 0 bridgehead atoms. The van der Waals surface area contributed by atoms with Crippen molar-refractivity contribution in [1.29, 1.82) is 0 Å². The van der Waals surface area contributed by atoms with Gasteiger partial charge in [0, 0.05) is 37.1 Å². The van der Waals surface area contributed by atoms with Gasteiger partial charge in [-0.2, -0.15) is 4.31 Å². The molecule has 2 aromatic carbocycles. The summed E-state index contributed by atoms with van der Waals surface area (Å²) < 4.78 is 39.4. The summed E-state index contributed by atoms with van der Waals surface area (Å²) in [5.74, 6) is 1.33. The van der Waals surface area contributed by atoms with Gasteiger partial charge in [0.1, 0.15) is 0 Å². The van der Waals surface area contributed by atoms with E-state index < -0.39 is 10.0 Å². The lowest BCUT2D eigenvalue weighted by molar-refractivity contribution is 0.355. The van der Waals surface area contributed by atoms with Gasteiger partial charge < -0.3 is 14.4 Å². The van der Waals surface area contributed by atoms with Crippen LogP contribution in [-0.2, 0) is 10.0 Å². The minimum absolute atomic E-state index is 0.430. The molecule has 1 aromatic heterocycles. The average Bonchev–Trinajstić information content (AvgIpc) is 3.33. The highest BCUT2D eigenvalue weighted by atomic mass is 32.2. The van der Waals surface area contributed by atoms with Crippen molar-refractivity contribution >= 4 is 26.5 Å². The summed E-state index contributed by atoms with van der Waals surface area (Å²) in [5, 5.41) is 2.91. The van der Waals surface area contributed by atoms with E-state index in [1.165, 1.54) is 0 Å². The first kappa shape index (κ1) is 24.5. The standard InChI is InChI=1S/C25H31N3O4S2/c1-16-13-17(2)19(4)24(18(16)3)34(29,30)28-11-9-27(10-12-28)25-26-21(15-33-25)20-7-8-22(31-5)23(14-20)32-6/h7-8,13-15H,9-12H2,1-6H3. The van der Waals surface area contributed by atoms with Crippen molar-refractivity contribution in [2.75, 3.05) is 45.3 Å². The summed E-state index contributed by atoms with van der Waals surface area (Å²) in [6.07, 6.45) is 0. The highest BCUT2D eigenvalue weighted by Crippen LogP contribution is 2.35. The second-order valence-corrected chi connectivity index (χ2v) is 11.3. The number of hydrogen-bond donors (Lipinski definition) is 0. The Balaban J connectivity index is 1.51. The lowest BCUT2D eigenvalue weighted by Crippen LogP contribution is -2.49. The molecule has 3 aromatic rings. The number of sulfonamides is 1. The largest absolute Gasteiger partial charge is 0.493 e. The lowest BCUT2D eigenvalue weighted by Gasteiger charge is -2.34. The molecule has 0 unspecified atom stereocenters. The molecule has 182 valence electrons. The van der Waals surface area contributed by atoms with Crippen molar-refractivity contribution in [2.45, 2.75) is 32.6 Å². The minimum atomic E-state index is -3.56. The zero-order valence-electron chi connectivity index (χ0n) is 20.5. The Morgan fingerprint density at radius 3 is 2.09 bits per heavy atom. The zero-order chi connectivity index (χ0) is 24.6. The molecule has 1 saturated heterocycles. The first-order valence-electron chi connectivity index (χ1n) is 11.2. The Morgan fingerprint density at radius 2 is 1.50 bits per heavy atom. The summed E-state index contributed by atoms with van der Waals surface area (Å²) in [6, 6.07) is 7.80. The van der Waals surface area contributed by atoms with Crippen molar-refractivity contribution in [2.24, 2.45) is 0 Å². The van der Waals surface area contributed by atoms with E-state index in [4.69, 9.17) is 14.5 Å². The van der Waals surface area contributed by atoms with Crippen LogP contribution in [0.1, 0.15) is 22.3 Å². The second kappa shape index (κ2) is 9.56. The number of methoxy groups -OCH3 is 2. The predicted octanol–water partition coefficient (Wildman–Crippen LogP) is 4.57. The molecule has 0 amide bonds. The fourth-order valence-corrected chi connectivity index (χ4v) is 7.24. The van der Waals surface area contributed by atoms with Gasteiger partial charge in [0.25, 0.3) is 0 Å². The van der Waals surface area contributed by atoms with Gasteiger partial charge in [-0.15, -0.1) is 11.3 Å². The van der Waals surface area contributed by atoms with Crippen molar-refractivity contribution in [3.05, 3.63) is 51.9 Å². The summed E-state index contributed by atoms with van der Waals surface area (Å²) in [5.41, 5.74) is 5.49. The quantitative estimate of drug-likeness (QED) is 0.493. The van der Waals surface area contributed by atoms with E-state index in [2.05, 4.69) is 11.0 Å². The van der Waals surface area contributed by atoms with Crippen molar-refractivity contribution in [1.82, 2.24) is 9.29 Å². The number of piperazine rings is 1. The van der Waals surface area contributed by atoms with E-state index in [1.54, 1.807) is 29.9 Å². The molecule has 0 radical (unpaired) electrons. The second-order valence-electron chi connectivity index (χ2n) is 8.57. The van der Waals surface area contributed by atoms with Gasteiger partial charge in [-0.25, -0.2) is 13.4 Å². The van der Waals surface area contributed by atoms with Gasteiger partial charge in [0.05, 0.1) is 24.8 Å². The number of hydrogen-bond acceptors (Lipinski definition) is 7. The Hall–Kier alpha value is -2.62. The van der Waals surface area contributed by atoms with Crippen LogP contribution < -0.4 is 14.4 Å². The van der Waals surface area contributed by atoms with Crippen LogP contribution >= 0.6 is 11.3 Å². The first-order valence-corrected chi connectivity index (χ1v) is 13.5. The van der Waals surface area contributed by atoms with E-state index in [9.17, 15) is 8.42 Å². The Morgan fingerprint density at radius 1 is 0.882 bits per heavy atom. The third-order valence-corrected chi connectivity index (χ3v) is 9.65. The average molecular weight is 502 g/mol. The molecule has 0 spiro atoms. The maximum Gasteiger partial charge on any atom is 0.243 e. The van der Waals surface area contributed by atoms with Crippen LogP contribution in [0.4, 0.5) is 5.13 Å². The fourth-order valence-electron chi connectivity index (χ4n) is 4.35. The van der Waals surface area contributed by atoms with E-state index in [0.29, 0.717) is 42.6 Å². The monoisotopic (exact) mass is 501 g/mol. The van der Waals surface area contributed by atoms with E-state index in [0.717, 1.165) is 38.6 Å². The van der Waals surface area contributed by atoms with Crippen molar-refractivity contribution in [3.63, 3.8) is 0 Å². The number of thiazole rings is 1. The number of ether oxygens (including phenoxy) is 2. The van der Waals surface area contributed by atoms with E-state index in [1.807, 2.05) is 51.3 Å². The zero-order valence-corrected chi connectivity index (χ0v) is 22.1. The third-order valence-electron chi connectivity index (χ3n) is 6.58. The Kier molecular flexibility index (Phi) is 6.89. The number of nitrogens with zero attached hydrogens (tertiary/aromatic N) is 3. The van der Waals surface area contributed by atoms with Gasteiger partial charge in [-0.1, -0.05) is 6.07 Å². The van der Waals surface area contributed by atoms with Crippen LogP contribution in [0, 0.1) is 27.7 Å². The molecule has 1 aliphatic heterocycles. The van der Waals surface area contributed by atoms with Crippen molar-refractivity contribution in [3.8, 4) is 22.8 Å². The molecule has 9 heteroatoms. The van der Waals surface area contributed by atoms with Gasteiger partial charge in [-0.05, 0) is 68.1 Å². The molecule has 0 atom stereocenters. The fraction of sp³-hybridized carbons (Fsp3) is 0.400. The van der Waals surface area contributed by atoms with Gasteiger partial charge in [0.15, 0.2) is 16.6 Å². The number of anilines is 1. The molecule has 0 aliphatic carbocycles. The van der Waals surface area contributed by atoms with E-state index in [-0.39, 0.29) is 0 Å². The molecule has 0 saturated carbocycles. The van der Waals surface area contributed by atoms with Gasteiger partial charge in [-0.3, -0.25) is 0 Å². The molecular weight excluding hydrogens is 470 g/mol. The SMILES string of the molecule is COc1ccc(-c2csc(N3CCN(S(=O)(=O)c4c(C)c(C)cc(C)c4C)CC3)n2)cc1OC. The topological polar surface area (TPSA) is 72.0 Å². The molecule has 4 rings (SSSR count). The number of aryl methyl sites for hydroxylation is 2. The number of aromatic nitrogens is 1. The van der Waals surface area contributed by atoms with Crippen molar-refractivity contribution < 1.29 is 17.9 Å². The molecular formula is C25H31N3O4S2. The van der Waals surface area contributed by atoms with Crippen LogP contribution in [0.25, 0.3) is 11.3 Å². The van der Waals surface area contributed by atoms with Crippen LogP contribution in [0.2, 0.25) is 0 Å². The van der Waals surface area contributed by atoms with Crippen LogP contribution in [0.3, 0.4) is 0 Å². The molecule has 34 heavy (non-hydrogen) atoms. The minimum Gasteiger partial charge on any atom is -0.493 e. The van der Waals surface area contributed by atoms with Crippen LogP contribution in [0.15, 0.2) is 34.5 Å². The van der Waals surface area contributed by atoms with Gasteiger partial charge in [0.2, 0.25) is 10.0 Å². The predicted molar refractivity (Wildman–Crippen MR) is 137 cm³/mol. The Bertz CT molecular complexity index is 1280. The number of benzene rings is 2. The third kappa shape index (κ3) is 4.39. The number of rotatable bonds is 6. The van der Waals surface area contributed by atoms with Crippen LogP contribution in [0.5, 0.6) is 11.5 Å². The maximum absolute atomic E-state index is 13.6. The molecule has 7 nitrogen and oxygen atoms in total. The molecule has 1 aliphatic rings. The summed E-state index contributed by atoms with van der Waals surface area (Å²) in [4.78, 5) is 7.43. The Labute approximate surface area is 206 Å². The first-order chi connectivity index (χ1) is 16.2. The molecule has 1 fully saturated rings. The highest BCUT2D eigenvalue weighted by molar-refractivity contribution is 7.89. The maximum atomic E-state index is 13.6. The molecule has 2 heterocycles. The summed E-state index contributed by atoms with van der Waals surface area (Å²) in [7, 11) is -0.336. The van der Waals surface area contributed by atoms with Crippen LogP contribution in [-0.4, -0.2) is 58.1 Å².